The Bertz CT molecular complexity index is 544. The van der Waals surface area contributed by atoms with Gasteiger partial charge in [-0.05, 0) is 0 Å². The van der Waals surface area contributed by atoms with Gasteiger partial charge in [0.2, 0.25) is 0 Å². The summed E-state index contributed by atoms with van der Waals surface area (Å²) in [5.41, 5.74) is 0.114. The predicted molar refractivity (Wildman–Crippen MR) is 64.2 cm³/mol. The lowest BCUT2D eigenvalue weighted by Gasteiger charge is -2.27. The molecule has 1 aromatic heterocycles. The highest BCUT2D eigenvalue weighted by Gasteiger charge is 2.23. The summed E-state index contributed by atoms with van der Waals surface area (Å²) in [4.78, 5) is 21.1. The number of rotatable bonds is 2. The first-order chi connectivity index (χ1) is 8.52. The maximum Gasteiger partial charge on any atom is 0.358 e. The van der Waals surface area contributed by atoms with Gasteiger partial charge >= 0.3 is 5.97 Å². The third-order valence-electron chi connectivity index (χ3n) is 2.68. The van der Waals surface area contributed by atoms with Crippen LogP contribution in [-0.4, -0.2) is 56.1 Å². The summed E-state index contributed by atoms with van der Waals surface area (Å²) >= 11 is 0. The van der Waals surface area contributed by atoms with E-state index in [-0.39, 0.29) is 17.2 Å². The van der Waals surface area contributed by atoms with Crippen LogP contribution in [0.4, 0.5) is 5.82 Å². The number of ether oxygens (including phenoxy) is 1. The lowest BCUT2D eigenvalue weighted by Crippen LogP contribution is -2.40. The van der Waals surface area contributed by atoms with Crippen molar-refractivity contribution >= 4 is 21.6 Å². The lowest BCUT2D eigenvalue weighted by atomic mass is 10.4. The van der Waals surface area contributed by atoms with Gasteiger partial charge in [-0.25, -0.2) is 18.2 Å². The molecule has 0 N–H and O–H groups in total. The van der Waals surface area contributed by atoms with Crippen molar-refractivity contribution in [2.45, 2.75) is 0 Å². The molecule has 7 nitrogen and oxygen atoms in total. The summed E-state index contributed by atoms with van der Waals surface area (Å²) in [6.45, 7) is 0.725. The molecular weight excluding hydrogens is 258 g/mol. The van der Waals surface area contributed by atoms with E-state index in [0.29, 0.717) is 18.9 Å². The van der Waals surface area contributed by atoms with E-state index in [1.807, 2.05) is 0 Å². The van der Waals surface area contributed by atoms with Crippen molar-refractivity contribution < 1.29 is 17.9 Å². The number of carbonyl (C=O) groups is 1. The van der Waals surface area contributed by atoms with E-state index in [9.17, 15) is 13.2 Å². The Morgan fingerprint density at radius 2 is 2.00 bits per heavy atom. The molecule has 0 bridgehead atoms. The van der Waals surface area contributed by atoms with Crippen molar-refractivity contribution in [1.29, 1.82) is 0 Å². The molecule has 0 saturated carbocycles. The van der Waals surface area contributed by atoms with Gasteiger partial charge in [0.1, 0.15) is 5.82 Å². The van der Waals surface area contributed by atoms with Crippen LogP contribution in [0.25, 0.3) is 0 Å². The van der Waals surface area contributed by atoms with Gasteiger partial charge in [-0.1, -0.05) is 0 Å². The molecule has 18 heavy (non-hydrogen) atoms. The van der Waals surface area contributed by atoms with Gasteiger partial charge in [0.15, 0.2) is 15.5 Å². The van der Waals surface area contributed by atoms with Crippen LogP contribution in [0.2, 0.25) is 0 Å². The average Bonchev–Trinajstić information content (AvgIpc) is 2.38. The van der Waals surface area contributed by atoms with Gasteiger partial charge in [0.05, 0.1) is 31.0 Å². The standard InChI is InChI=1S/C10H13N3O4S/c1-17-10(14)8-6-11-7-9(12-8)13-2-4-18(15,16)5-3-13/h6-7H,2-5H2,1H3. The third-order valence-corrected chi connectivity index (χ3v) is 4.29. The van der Waals surface area contributed by atoms with Crippen molar-refractivity contribution in [1.82, 2.24) is 9.97 Å². The highest BCUT2D eigenvalue weighted by molar-refractivity contribution is 7.91. The van der Waals surface area contributed by atoms with Gasteiger partial charge in [0.25, 0.3) is 0 Å². The van der Waals surface area contributed by atoms with E-state index < -0.39 is 15.8 Å². The summed E-state index contributed by atoms with van der Waals surface area (Å²) in [6, 6.07) is 0. The summed E-state index contributed by atoms with van der Waals surface area (Å²) in [6.07, 6.45) is 2.82. The molecule has 0 radical (unpaired) electrons. The fraction of sp³-hybridized carbons (Fsp3) is 0.500. The molecule has 2 heterocycles. The second kappa shape index (κ2) is 4.89. The molecular formula is C10H13N3O4S. The van der Waals surface area contributed by atoms with E-state index in [4.69, 9.17) is 0 Å². The minimum absolute atomic E-state index is 0.0944. The summed E-state index contributed by atoms with van der Waals surface area (Å²) in [5.74, 6) is 0.121. The van der Waals surface area contributed by atoms with Crippen molar-refractivity contribution in [2.24, 2.45) is 0 Å². The van der Waals surface area contributed by atoms with Gasteiger partial charge in [-0.3, -0.25) is 4.98 Å². The Morgan fingerprint density at radius 1 is 1.33 bits per heavy atom. The normalized spacial score (nSPS) is 18.4. The Labute approximate surface area is 105 Å². The van der Waals surface area contributed by atoms with E-state index >= 15 is 0 Å². The third kappa shape index (κ3) is 2.76. The molecule has 1 saturated heterocycles. The number of anilines is 1. The van der Waals surface area contributed by atoms with Gasteiger partial charge < -0.3 is 9.64 Å². The van der Waals surface area contributed by atoms with Crippen LogP contribution in [0.5, 0.6) is 0 Å². The van der Waals surface area contributed by atoms with E-state index in [1.165, 1.54) is 19.5 Å². The van der Waals surface area contributed by atoms with E-state index in [0.717, 1.165) is 0 Å². The van der Waals surface area contributed by atoms with Crippen LogP contribution in [0.3, 0.4) is 0 Å². The minimum atomic E-state index is -2.94. The van der Waals surface area contributed by atoms with Gasteiger partial charge in [0, 0.05) is 13.1 Å². The van der Waals surface area contributed by atoms with Gasteiger partial charge in [-0.15, -0.1) is 0 Å². The smallest absolute Gasteiger partial charge is 0.358 e. The zero-order valence-electron chi connectivity index (χ0n) is 9.87. The summed E-state index contributed by atoms with van der Waals surface area (Å²) in [7, 11) is -1.67. The first kappa shape index (κ1) is 12.7. The van der Waals surface area contributed by atoms with E-state index in [1.54, 1.807) is 4.90 Å². The Balaban J connectivity index is 2.17. The number of sulfone groups is 1. The molecule has 1 aliphatic heterocycles. The van der Waals surface area contributed by atoms with Crippen molar-refractivity contribution in [2.75, 3.05) is 36.6 Å². The Kier molecular flexibility index (Phi) is 3.46. The van der Waals surface area contributed by atoms with Crippen LogP contribution in [0, 0.1) is 0 Å². The van der Waals surface area contributed by atoms with Crippen molar-refractivity contribution in [3.05, 3.63) is 18.1 Å². The average molecular weight is 271 g/mol. The summed E-state index contributed by atoms with van der Waals surface area (Å²) in [5, 5.41) is 0. The van der Waals surface area contributed by atoms with Gasteiger partial charge in [-0.2, -0.15) is 0 Å². The predicted octanol–water partition coefficient (Wildman–Crippen LogP) is -0.502. The number of hydrogen-bond acceptors (Lipinski definition) is 7. The first-order valence-corrected chi connectivity index (χ1v) is 7.20. The summed E-state index contributed by atoms with van der Waals surface area (Å²) < 4.78 is 27.2. The Morgan fingerprint density at radius 3 is 2.61 bits per heavy atom. The number of aromatic nitrogens is 2. The van der Waals surface area contributed by atoms with Crippen LogP contribution in [-0.2, 0) is 14.6 Å². The van der Waals surface area contributed by atoms with Crippen LogP contribution < -0.4 is 4.90 Å². The second-order valence-corrected chi connectivity index (χ2v) is 6.20. The molecule has 0 aromatic carbocycles. The fourth-order valence-electron chi connectivity index (χ4n) is 1.65. The largest absolute Gasteiger partial charge is 0.464 e. The molecule has 1 aromatic rings. The fourth-order valence-corrected chi connectivity index (χ4v) is 2.85. The Hall–Kier alpha value is -1.70. The minimum Gasteiger partial charge on any atom is -0.464 e. The topological polar surface area (TPSA) is 89.5 Å². The number of esters is 1. The van der Waals surface area contributed by atoms with Crippen LogP contribution in [0.1, 0.15) is 10.5 Å². The molecule has 98 valence electrons. The maximum atomic E-state index is 11.3. The molecule has 0 amide bonds. The van der Waals surface area contributed by atoms with E-state index in [2.05, 4.69) is 14.7 Å². The quantitative estimate of drug-likeness (QED) is 0.670. The van der Waals surface area contributed by atoms with Crippen molar-refractivity contribution in [3.8, 4) is 0 Å². The van der Waals surface area contributed by atoms with Crippen LogP contribution in [0.15, 0.2) is 12.4 Å². The first-order valence-electron chi connectivity index (χ1n) is 5.37. The molecule has 0 atom stereocenters. The highest BCUT2D eigenvalue weighted by atomic mass is 32.2. The molecule has 1 fully saturated rings. The molecule has 1 aliphatic rings. The van der Waals surface area contributed by atoms with Crippen molar-refractivity contribution in [3.63, 3.8) is 0 Å². The molecule has 0 unspecified atom stereocenters. The monoisotopic (exact) mass is 271 g/mol. The number of carbonyl (C=O) groups excluding carboxylic acids is 1. The number of nitrogens with zero attached hydrogens (tertiary/aromatic N) is 3. The highest BCUT2D eigenvalue weighted by Crippen LogP contribution is 2.14. The number of hydrogen-bond donors (Lipinski definition) is 0. The molecule has 8 heteroatoms. The van der Waals surface area contributed by atoms with Crippen LogP contribution >= 0.6 is 0 Å². The lowest BCUT2D eigenvalue weighted by molar-refractivity contribution is 0.0593. The molecule has 0 aliphatic carbocycles. The molecule has 2 rings (SSSR count). The molecule has 0 spiro atoms. The second-order valence-electron chi connectivity index (χ2n) is 3.89. The zero-order chi connectivity index (χ0) is 13.2. The number of methoxy groups -OCH3 is 1. The zero-order valence-corrected chi connectivity index (χ0v) is 10.7. The maximum absolute atomic E-state index is 11.3. The SMILES string of the molecule is COC(=O)c1cncc(N2CCS(=O)(=O)CC2)n1.